The third kappa shape index (κ3) is 1.65. The van der Waals surface area contributed by atoms with Crippen LogP contribution in [-0.2, 0) is 17.6 Å². The number of nitrogens with two attached hydrogens (primary N) is 1. The summed E-state index contributed by atoms with van der Waals surface area (Å²) in [5.74, 6) is 0.519. The van der Waals surface area contributed by atoms with Gasteiger partial charge in [-0.25, -0.2) is 4.98 Å². The van der Waals surface area contributed by atoms with Crippen molar-refractivity contribution in [2.24, 2.45) is 0 Å². The summed E-state index contributed by atoms with van der Waals surface area (Å²) in [6.45, 7) is 1.48. The predicted octanol–water partition coefficient (Wildman–Crippen LogP) is 0.788. The van der Waals surface area contributed by atoms with E-state index in [-0.39, 0.29) is 0 Å². The number of nitrogen functional groups attached to an aromatic ring is 1. The lowest BCUT2D eigenvalue weighted by atomic mass is 10.1. The van der Waals surface area contributed by atoms with Crippen LogP contribution in [0.25, 0.3) is 0 Å². The summed E-state index contributed by atoms with van der Waals surface area (Å²) < 4.78 is 10.4. The van der Waals surface area contributed by atoms with Gasteiger partial charge in [-0.05, 0) is 18.1 Å². The molecule has 0 fully saturated rings. The molecule has 0 bridgehead atoms. The van der Waals surface area contributed by atoms with E-state index in [0.717, 1.165) is 31.7 Å². The molecule has 1 aliphatic heterocycles. The fourth-order valence-corrected chi connectivity index (χ4v) is 1.64. The van der Waals surface area contributed by atoms with Crippen LogP contribution >= 0.6 is 0 Å². The molecule has 0 aromatic carbocycles. The Hall–Kier alpha value is -1.29. The monoisotopic (exact) mass is 194 g/mol. The molecular formula is C10H14N2O2. The van der Waals surface area contributed by atoms with Crippen molar-refractivity contribution in [3.05, 3.63) is 17.3 Å². The lowest BCUT2D eigenvalue weighted by Gasteiger charge is -2.08. The number of hydrogen-bond acceptors (Lipinski definition) is 4. The molecule has 0 saturated carbocycles. The van der Waals surface area contributed by atoms with E-state index in [9.17, 15) is 0 Å². The number of pyridine rings is 1. The van der Waals surface area contributed by atoms with Crippen molar-refractivity contribution in [3.8, 4) is 5.88 Å². The summed E-state index contributed by atoms with van der Waals surface area (Å²) in [5.41, 5.74) is 8.61. The number of anilines is 1. The Bertz CT molecular complexity index is 339. The van der Waals surface area contributed by atoms with Gasteiger partial charge in [-0.2, -0.15) is 0 Å². The number of hydrogen-bond donors (Lipinski definition) is 1. The van der Waals surface area contributed by atoms with Crippen molar-refractivity contribution in [2.75, 3.05) is 26.1 Å². The van der Waals surface area contributed by atoms with E-state index in [0.29, 0.717) is 11.6 Å². The quantitative estimate of drug-likeness (QED) is 0.718. The van der Waals surface area contributed by atoms with Crippen LogP contribution in [0.3, 0.4) is 0 Å². The van der Waals surface area contributed by atoms with Gasteiger partial charge in [-0.3, -0.25) is 0 Å². The SMILES string of the molecule is COc1nc2c(cc1N)CCOCC2. The van der Waals surface area contributed by atoms with Gasteiger partial charge in [0.2, 0.25) is 5.88 Å². The Kier molecular flexibility index (Phi) is 2.54. The van der Waals surface area contributed by atoms with Gasteiger partial charge in [0, 0.05) is 6.42 Å². The molecule has 0 unspecified atom stereocenters. The summed E-state index contributed by atoms with van der Waals surface area (Å²) >= 11 is 0. The second kappa shape index (κ2) is 3.84. The highest BCUT2D eigenvalue weighted by atomic mass is 16.5. The lowest BCUT2D eigenvalue weighted by molar-refractivity contribution is 0.146. The zero-order chi connectivity index (χ0) is 9.97. The Morgan fingerprint density at radius 3 is 3.00 bits per heavy atom. The Labute approximate surface area is 83.0 Å². The topological polar surface area (TPSA) is 57.4 Å². The maximum absolute atomic E-state index is 5.78. The van der Waals surface area contributed by atoms with Crippen molar-refractivity contribution in [2.45, 2.75) is 12.8 Å². The number of methoxy groups -OCH3 is 1. The van der Waals surface area contributed by atoms with Gasteiger partial charge in [0.05, 0.1) is 31.7 Å². The number of rotatable bonds is 1. The van der Waals surface area contributed by atoms with Crippen molar-refractivity contribution >= 4 is 5.69 Å². The standard InChI is InChI=1S/C10H14N2O2/c1-13-10-8(11)6-7-2-4-14-5-3-9(7)12-10/h6H,2-5,11H2,1H3. The number of fused-ring (bicyclic) bond motifs is 1. The second-order valence-corrected chi connectivity index (χ2v) is 3.31. The number of ether oxygens (including phenoxy) is 2. The van der Waals surface area contributed by atoms with Crippen LogP contribution in [0.2, 0.25) is 0 Å². The summed E-state index contributed by atoms with van der Waals surface area (Å²) in [6, 6.07) is 1.94. The van der Waals surface area contributed by atoms with E-state index in [1.807, 2.05) is 6.07 Å². The summed E-state index contributed by atoms with van der Waals surface area (Å²) in [6.07, 6.45) is 1.72. The highest BCUT2D eigenvalue weighted by Crippen LogP contribution is 2.23. The predicted molar refractivity (Wildman–Crippen MR) is 53.4 cm³/mol. The summed E-state index contributed by atoms with van der Waals surface area (Å²) in [7, 11) is 1.58. The average molecular weight is 194 g/mol. The van der Waals surface area contributed by atoms with E-state index >= 15 is 0 Å². The van der Waals surface area contributed by atoms with Gasteiger partial charge in [0.15, 0.2) is 0 Å². The molecule has 2 heterocycles. The van der Waals surface area contributed by atoms with Crippen LogP contribution in [0.4, 0.5) is 5.69 Å². The van der Waals surface area contributed by atoms with Crippen LogP contribution in [0.1, 0.15) is 11.3 Å². The minimum Gasteiger partial charge on any atom is -0.480 e. The van der Waals surface area contributed by atoms with Gasteiger partial charge in [-0.1, -0.05) is 0 Å². The first-order valence-electron chi connectivity index (χ1n) is 4.71. The smallest absolute Gasteiger partial charge is 0.237 e. The minimum atomic E-state index is 0.519. The van der Waals surface area contributed by atoms with E-state index in [2.05, 4.69) is 4.98 Å². The van der Waals surface area contributed by atoms with Gasteiger partial charge < -0.3 is 15.2 Å². The fraction of sp³-hybridized carbons (Fsp3) is 0.500. The number of aromatic nitrogens is 1. The normalized spacial score (nSPS) is 15.8. The molecule has 4 nitrogen and oxygen atoms in total. The Balaban J connectivity index is 2.41. The van der Waals surface area contributed by atoms with Crippen molar-refractivity contribution in [1.29, 1.82) is 0 Å². The molecule has 76 valence electrons. The summed E-state index contributed by atoms with van der Waals surface area (Å²) in [5, 5.41) is 0. The van der Waals surface area contributed by atoms with Crippen molar-refractivity contribution < 1.29 is 9.47 Å². The van der Waals surface area contributed by atoms with Crippen LogP contribution in [0.5, 0.6) is 5.88 Å². The van der Waals surface area contributed by atoms with E-state index in [1.54, 1.807) is 7.11 Å². The zero-order valence-electron chi connectivity index (χ0n) is 8.25. The van der Waals surface area contributed by atoms with Crippen LogP contribution < -0.4 is 10.5 Å². The van der Waals surface area contributed by atoms with Gasteiger partial charge in [0.25, 0.3) is 0 Å². The molecule has 0 spiro atoms. The van der Waals surface area contributed by atoms with Crippen LogP contribution in [0, 0.1) is 0 Å². The molecule has 0 saturated heterocycles. The third-order valence-electron chi connectivity index (χ3n) is 2.38. The summed E-state index contributed by atoms with van der Waals surface area (Å²) in [4.78, 5) is 4.36. The van der Waals surface area contributed by atoms with Crippen molar-refractivity contribution in [3.63, 3.8) is 0 Å². The molecule has 2 N–H and O–H groups in total. The molecular weight excluding hydrogens is 180 g/mol. The zero-order valence-corrected chi connectivity index (χ0v) is 8.25. The first-order valence-corrected chi connectivity index (χ1v) is 4.71. The van der Waals surface area contributed by atoms with Gasteiger partial charge >= 0.3 is 0 Å². The largest absolute Gasteiger partial charge is 0.480 e. The number of nitrogens with zero attached hydrogens (tertiary/aromatic N) is 1. The molecule has 2 rings (SSSR count). The molecule has 0 amide bonds. The van der Waals surface area contributed by atoms with Crippen molar-refractivity contribution in [1.82, 2.24) is 4.98 Å². The average Bonchev–Trinajstić information content (AvgIpc) is 2.41. The second-order valence-electron chi connectivity index (χ2n) is 3.31. The third-order valence-corrected chi connectivity index (χ3v) is 2.38. The van der Waals surface area contributed by atoms with E-state index in [4.69, 9.17) is 15.2 Å². The maximum atomic E-state index is 5.78. The highest BCUT2D eigenvalue weighted by molar-refractivity contribution is 5.51. The molecule has 0 aliphatic carbocycles. The van der Waals surface area contributed by atoms with Crippen LogP contribution in [-0.4, -0.2) is 25.3 Å². The molecule has 0 atom stereocenters. The Morgan fingerprint density at radius 2 is 2.21 bits per heavy atom. The fourth-order valence-electron chi connectivity index (χ4n) is 1.64. The molecule has 4 heteroatoms. The first kappa shape index (κ1) is 9.27. The Morgan fingerprint density at radius 1 is 1.43 bits per heavy atom. The lowest BCUT2D eigenvalue weighted by Crippen LogP contribution is -2.03. The molecule has 1 aromatic rings. The minimum absolute atomic E-state index is 0.519. The van der Waals surface area contributed by atoms with E-state index < -0.39 is 0 Å². The molecule has 0 radical (unpaired) electrons. The maximum Gasteiger partial charge on any atom is 0.237 e. The van der Waals surface area contributed by atoms with Crippen LogP contribution in [0.15, 0.2) is 6.07 Å². The molecule has 1 aliphatic rings. The van der Waals surface area contributed by atoms with Gasteiger partial charge in [-0.15, -0.1) is 0 Å². The highest BCUT2D eigenvalue weighted by Gasteiger charge is 2.12. The van der Waals surface area contributed by atoms with Gasteiger partial charge in [0.1, 0.15) is 0 Å². The molecule has 1 aromatic heterocycles. The van der Waals surface area contributed by atoms with E-state index in [1.165, 1.54) is 5.56 Å². The first-order chi connectivity index (χ1) is 6.81. The molecule has 14 heavy (non-hydrogen) atoms.